The molecule has 67 heavy (non-hydrogen) atoms. The van der Waals surface area contributed by atoms with E-state index < -0.39 is 69.7 Å². The molecule has 7 heterocycles. The van der Waals surface area contributed by atoms with Gasteiger partial charge in [0.05, 0.1) is 11.3 Å². The topological polar surface area (TPSA) is 168 Å². The molecular weight excluding hydrogens is 893 g/mol. The number of hydrogen-bond donors (Lipinski definition) is 3. The van der Waals surface area contributed by atoms with Crippen LogP contribution in [0.4, 0.5) is 28.9 Å². The lowest BCUT2D eigenvalue weighted by Gasteiger charge is -2.40. The molecule has 5 aliphatic rings. The number of pyridine rings is 1. The average molecular weight is 941 g/mol. The SMILES string of the molecule is O=C1CCC(N2Cc3cc(C4CCN(C[C@@H]5CCN(c6ccc(-c7cnc8[nH]cc(C(=O)c9c(F)ccc(NS(=O)(=O)N%10CC[C@@H](F)C%10)c9F)c8c7)cc6)C[C@@H]5F)CC4)ccc3C2=O)C(=O)N1. The highest BCUT2D eigenvalue weighted by Gasteiger charge is 2.40. The Morgan fingerprint density at radius 2 is 1.66 bits per heavy atom. The summed E-state index contributed by atoms with van der Waals surface area (Å²) in [5, 5.41) is 2.64. The number of carbonyl (C=O) groups is 4. The first-order chi connectivity index (χ1) is 32.2. The van der Waals surface area contributed by atoms with E-state index in [1.165, 1.54) is 6.20 Å². The van der Waals surface area contributed by atoms with Gasteiger partial charge in [-0.3, -0.25) is 29.2 Å². The van der Waals surface area contributed by atoms with E-state index in [4.69, 9.17) is 0 Å². The maximum absolute atomic E-state index is 15.9. The van der Waals surface area contributed by atoms with Crippen molar-refractivity contribution in [3.63, 3.8) is 0 Å². The zero-order valence-electron chi connectivity index (χ0n) is 36.3. The molecule has 4 saturated heterocycles. The quantitative estimate of drug-likeness (QED) is 0.0789. The van der Waals surface area contributed by atoms with E-state index in [2.05, 4.69) is 26.3 Å². The number of amides is 3. The van der Waals surface area contributed by atoms with Crippen molar-refractivity contribution in [2.24, 2.45) is 5.92 Å². The number of likely N-dealkylation sites (tertiary alicyclic amines) is 1. The second-order valence-corrected chi connectivity index (χ2v) is 19.9. The fourth-order valence-corrected chi connectivity index (χ4v) is 11.6. The number of piperidine rings is 3. The van der Waals surface area contributed by atoms with Crippen LogP contribution in [0.1, 0.15) is 81.8 Å². The number of nitrogens with one attached hydrogen (secondary N) is 3. The first kappa shape index (κ1) is 44.6. The van der Waals surface area contributed by atoms with E-state index in [0.29, 0.717) is 49.5 Å². The van der Waals surface area contributed by atoms with Crippen LogP contribution in [-0.4, -0.2) is 120 Å². The smallest absolute Gasteiger partial charge is 0.301 e. The molecule has 3 aromatic carbocycles. The Labute approximate surface area is 383 Å². The summed E-state index contributed by atoms with van der Waals surface area (Å²) in [7, 11) is -4.38. The van der Waals surface area contributed by atoms with Gasteiger partial charge in [0.1, 0.15) is 29.8 Å². The van der Waals surface area contributed by atoms with E-state index in [1.807, 2.05) is 46.0 Å². The number of fused-ring (bicyclic) bond motifs is 2. The summed E-state index contributed by atoms with van der Waals surface area (Å²) in [6.45, 7) is 3.11. The van der Waals surface area contributed by atoms with Crippen LogP contribution in [0.25, 0.3) is 22.2 Å². The second kappa shape index (κ2) is 17.8. The van der Waals surface area contributed by atoms with Gasteiger partial charge in [0.2, 0.25) is 17.6 Å². The molecule has 0 aliphatic carbocycles. The lowest BCUT2D eigenvalue weighted by Crippen LogP contribution is -2.52. The minimum atomic E-state index is -4.38. The Kier molecular flexibility index (Phi) is 11.9. The van der Waals surface area contributed by atoms with Gasteiger partial charge in [-0.15, -0.1) is 0 Å². The molecule has 350 valence electrons. The van der Waals surface area contributed by atoms with Gasteiger partial charge in [-0.1, -0.05) is 24.3 Å². The number of H-pyrrole nitrogens is 1. The van der Waals surface area contributed by atoms with Crippen molar-refractivity contribution in [3.8, 4) is 11.1 Å². The van der Waals surface area contributed by atoms with Crippen molar-refractivity contribution >= 4 is 56.1 Å². The molecule has 3 amide bonds. The number of carbonyl (C=O) groups excluding carboxylic acids is 4. The van der Waals surface area contributed by atoms with Crippen molar-refractivity contribution in [3.05, 3.63) is 113 Å². The molecule has 0 radical (unpaired) electrons. The van der Waals surface area contributed by atoms with Gasteiger partial charge < -0.3 is 19.7 Å². The third-order valence-corrected chi connectivity index (χ3v) is 15.6. The lowest BCUT2D eigenvalue weighted by molar-refractivity contribution is -0.136. The Balaban J connectivity index is 0.742. The highest BCUT2D eigenvalue weighted by molar-refractivity contribution is 7.90. The third-order valence-electron chi connectivity index (χ3n) is 14.1. The van der Waals surface area contributed by atoms with E-state index in [9.17, 15) is 32.0 Å². The first-order valence-corrected chi connectivity index (χ1v) is 24.1. The zero-order valence-corrected chi connectivity index (χ0v) is 37.1. The molecule has 0 spiro atoms. The number of nitrogens with zero attached hydrogens (tertiary/aromatic N) is 5. The van der Waals surface area contributed by atoms with Crippen LogP contribution in [0.2, 0.25) is 0 Å². The summed E-state index contributed by atoms with van der Waals surface area (Å²) in [6.07, 6.45) is 3.52. The Morgan fingerprint density at radius 3 is 2.39 bits per heavy atom. The highest BCUT2D eigenvalue weighted by atomic mass is 32.2. The third kappa shape index (κ3) is 8.68. The normalized spacial score (nSPS) is 23.3. The van der Waals surface area contributed by atoms with E-state index in [-0.39, 0.29) is 60.3 Å². The molecule has 5 aliphatic heterocycles. The Hall–Kier alpha value is -6.18. The fourth-order valence-electron chi connectivity index (χ4n) is 10.3. The van der Waals surface area contributed by atoms with E-state index >= 15 is 13.2 Å². The number of aromatic amines is 1. The summed E-state index contributed by atoms with van der Waals surface area (Å²) in [6, 6.07) is 16.2. The number of aromatic nitrogens is 2. The second-order valence-electron chi connectivity index (χ2n) is 18.2. The zero-order chi connectivity index (χ0) is 46.7. The molecular formula is C48H48F4N8O6S. The number of hydrogen-bond acceptors (Lipinski definition) is 9. The molecule has 10 rings (SSSR count). The minimum absolute atomic E-state index is 0.00965. The van der Waals surface area contributed by atoms with Gasteiger partial charge in [-0.25, -0.2) is 22.5 Å². The van der Waals surface area contributed by atoms with Crippen molar-refractivity contribution in [1.29, 1.82) is 0 Å². The van der Waals surface area contributed by atoms with E-state index in [0.717, 1.165) is 64.7 Å². The molecule has 14 nitrogen and oxygen atoms in total. The number of alkyl halides is 2. The van der Waals surface area contributed by atoms with Crippen molar-refractivity contribution in [2.75, 3.05) is 55.4 Å². The molecule has 19 heteroatoms. The number of ketones is 1. The van der Waals surface area contributed by atoms with E-state index in [1.54, 1.807) is 17.2 Å². The van der Waals surface area contributed by atoms with Crippen LogP contribution in [0, 0.1) is 17.6 Å². The summed E-state index contributed by atoms with van der Waals surface area (Å²) in [4.78, 5) is 64.3. The molecule has 4 atom stereocenters. The Morgan fingerprint density at radius 1 is 0.866 bits per heavy atom. The maximum atomic E-state index is 15.9. The van der Waals surface area contributed by atoms with Gasteiger partial charge in [-0.2, -0.15) is 12.7 Å². The molecule has 0 bridgehead atoms. The molecule has 2 aromatic heterocycles. The number of imide groups is 1. The van der Waals surface area contributed by atoms with Crippen LogP contribution in [0.5, 0.6) is 0 Å². The molecule has 5 aromatic rings. The van der Waals surface area contributed by atoms with Crippen LogP contribution in [-0.2, 0) is 26.3 Å². The van der Waals surface area contributed by atoms with Crippen LogP contribution in [0.3, 0.4) is 0 Å². The van der Waals surface area contributed by atoms with Crippen LogP contribution >= 0.6 is 0 Å². The fraction of sp³-hybridized carbons (Fsp3) is 0.396. The summed E-state index contributed by atoms with van der Waals surface area (Å²) in [5.41, 5.74) is 3.46. The Bertz CT molecular complexity index is 2910. The maximum Gasteiger partial charge on any atom is 0.301 e. The standard InChI is InChI=1S/C48H48F4N8O6S/c49-33-14-18-59(25-33)67(65,66)56-40-8-7-38(50)43(44(40)52)45(62)37-22-54-46-36(37)20-31(21-53-46)27-1-4-34(5-2-27)58-17-13-30(39(51)26-58)23-57-15-11-28(12-16-57)29-3-6-35-32(19-29)24-60(48(35)64)41-9-10-42(61)55-47(41)63/h1-8,19-22,28,30,33,39,41,56H,9-18,23-26H2,(H,53,54)(H,55,61,63)/t30-,33+,39-,41?/m0/s1. The number of benzene rings is 3. The average Bonchev–Trinajstić information content (AvgIpc) is 4.05. The molecule has 0 saturated carbocycles. The monoisotopic (exact) mass is 940 g/mol. The minimum Gasteiger partial charge on any atom is -0.369 e. The van der Waals surface area contributed by atoms with Gasteiger partial charge in [0.25, 0.3) is 5.91 Å². The largest absolute Gasteiger partial charge is 0.369 e. The van der Waals surface area contributed by atoms with Crippen LogP contribution in [0.15, 0.2) is 73.1 Å². The highest BCUT2D eigenvalue weighted by Crippen LogP contribution is 2.36. The van der Waals surface area contributed by atoms with Crippen LogP contribution < -0.4 is 14.9 Å². The number of rotatable bonds is 11. The molecule has 4 fully saturated rings. The lowest BCUT2D eigenvalue weighted by atomic mass is 9.87. The number of halogens is 4. The van der Waals surface area contributed by atoms with Crippen molar-refractivity contribution in [1.82, 2.24) is 29.4 Å². The van der Waals surface area contributed by atoms with Crippen molar-refractivity contribution < 1.29 is 45.2 Å². The number of anilines is 2. The predicted molar refractivity (Wildman–Crippen MR) is 241 cm³/mol. The predicted octanol–water partition coefficient (Wildman–Crippen LogP) is 6.24. The summed E-state index contributed by atoms with van der Waals surface area (Å²) in [5.74, 6) is -4.36. The first-order valence-electron chi connectivity index (χ1n) is 22.6. The van der Waals surface area contributed by atoms with Gasteiger partial charge >= 0.3 is 10.2 Å². The molecule has 1 unspecified atom stereocenters. The van der Waals surface area contributed by atoms with Crippen molar-refractivity contribution in [2.45, 2.75) is 69.4 Å². The van der Waals surface area contributed by atoms with Gasteiger partial charge in [-0.05, 0) is 104 Å². The summed E-state index contributed by atoms with van der Waals surface area (Å²) < 4.78 is 89.0. The molecule has 3 N–H and O–H groups in total. The summed E-state index contributed by atoms with van der Waals surface area (Å²) >= 11 is 0. The van der Waals surface area contributed by atoms with Gasteiger partial charge in [0, 0.05) is 91.8 Å². The van der Waals surface area contributed by atoms with Gasteiger partial charge in [0.15, 0.2) is 5.82 Å².